The molecule has 1 amide bonds. The molecule has 1 aliphatic heterocycles. The first-order valence-corrected chi connectivity index (χ1v) is 9.07. The Kier molecular flexibility index (Phi) is 4.42. The van der Waals surface area contributed by atoms with E-state index >= 15 is 0 Å². The molecule has 1 saturated heterocycles. The lowest BCUT2D eigenvalue weighted by molar-refractivity contribution is 0.0964. The lowest BCUT2D eigenvalue weighted by Gasteiger charge is -2.31. The molecular weight excluding hydrogens is 320 g/mol. The number of rotatable bonds is 5. The number of nitrogens with zero attached hydrogens (tertiary/aromatic N) is 6. The molecule has 3 heterocycles. The van der Waals surface area contributed by atoms with Crippen molar-refractivity contribution in [2.24, 2.45) is 0 Å². The molecule has 0 aromatic carbocycles. The van der Waals surface area contributed by atoms with Crippen LogP contribution in [0.3, 0.4) is 0 Å². The van der Waals surface area contributed by atoms with Gasteiger partial charge in [-0.3, -0.25) is 0 Å². The summed E-state index contributed by atoms with van der Waals surface area (Å²) >= 11 is 0. The quantitative estimate of drug-likeness (QED) is 0.831. The van der Waals surface area contributed by atoms with Gasteiger partial charge in [0.2, 0.25) is 0 Å². The van der Waals surface area contributed by atoms with Crippen molar-refractivity contribution in [3.8, 4) is 0 Å². The van der Waals surface area contributed by atoms with Gasteiger partial charge in [0.05, 0.1) is 19.5 Å². The lowest BCUT2D eigenvalue weighted by Crippen LogP contribution is -2.38. The van der Waals surface area contributed by atoms with Crippen LogP contribution in [-0.2, 0) is 11.3 Å². The lowest BCUT2D eigenvalue weighted by atomic mass is 9.96. The van der Waals surface area contributed by atoms with Gasteiger partial charge < -0.3 is 18.8 Å². The Morgan fingerprint density at radius 3 is 2.68 bits per heavy atom. The summed E-state index contributed by atoms with van der Waals surface area (Å²) in [6, 6.07) is 0.534. The molecule has 0 bridgehead atoms. The van der Waals surface area contributed by atoms with Gasteiger partial charge in [-0.2, -0.15) is 0 Å². The van der Waals surface area contributed by atoms with Gasteiger partial charge in [0.1, 0.15) is 5.82 Å². The van der Waals surface area contributed by atoms with Gasteiger partial charge in [-0.25, -0.2) is 9.78 Å². The molecule has 0 N–H and O–H groups in total. The fourth-order valence-electron chi connectivity index (χ4n) is 3.53. The predicted octanol–water partition coefficient (Wildman–Crippen LogP) is 2.19. The molecule has 0 spiro atoms. The Morgan fingerprint density at radius 1 is 1.24 bits per heavy atom. The molecule has 134 valence electrons. The molecule has 2 aromatic heterocycles. The first-order chi connectivity index (χ1) is 12.3. The first kappa shape index (κ1) is 16.1. The third-order valence-corrected chi connectivity index (χ3v) is 4.97. The summed E-state index contributed by atoms with van der Waals surface area (Å²) in [5, 5.41) is 9.00. The number of likely N-dealkylation sites (tertiary alicyclic amines) is 1. The van der Waals surface area contributed by atoms with Crippen LogP contribution < -0.4 is 0 Å². The van der Waals surface area contributed by atoms with E-state index in [-0.39, 0.29) is 6.09 Å². The molecule has 0 atom stereocenters. The van der Waals surface area contributed by atoms with Crippen molar-refractivity contribution in [1.29, 1.82) is 0 Å². The van der Waals surface area contributed by atoms with Crippen LogP contribution in [0.2, 0.25) is 0 Å². The monoisotopic (exact) mass is 344 g/mol. The second kappa shape index (κ2) is 6.85. The van der Waals surface area contributed by atoms with E-state index in [0.717, 1.165) is 37.6 Å². The zero-order valence-electron chi connectivity index (χ0n) is 14.5. The van der Waals surface area contributed by atoms with Gasteiger partial charge in [0.15, 0.2) is 5.82 Å². The topological polar surface area (TPSA) is 78.1 Å². The van der Waals surface area contributed by atoms with E-state index in [1.54, 1.807) is 11.1 Å². The van der Waals surface area contributed by atoms with Crippen LogP contribution in [0, 0.1) is 0 Å². The molecule has 8 nitrogen and oxygen atoms in total. The molecule has 0 radical (unpaired) electrons. The van der Waals surface area contributed by atoms with Crippen LogP contribution in [0.25, 0.3) is 0 Å². The van der Waals surface area contributed by atoms with Gasteiger partial charge in [-0.05, 0) is 32.6 Å². The van der Waals surface area contributed by atoms with Crippen LogP contribution in [-0.4, -0.2) is 55.0 Å². The Balaban J connectivity index is 1.48. The largest absolute Gasteiger partial charge is 0.450 e. The highest BCUT2D eigenvalue weighted by Crippen LogP contribution is 2.40. The molecular formula is C17H24N6O2. The summed E-state index contributed by atoms with van der Waals surface area (Å²) in [6.45, 7) is 4.40. The Morgan fingerprint density at radius 2 is 2.04 bits per heavy atom. The summed E-state index contributed by atoms with van der Waals surface area (Å²) in [6.07, 6.45) is 9.55. The minimum atomic E-state index is -0.203. The van der Waals surface area contributed by atoms with Crippen molar-refractivity contribution < 1.29 is 9.53 Å². The van der Waals surface area contributed by atoms with Gasteiger partial charge in [0, 0.05) is 37.4 Å². The third-order valence-electron chi connectivity index (χ3n) is 4.97. The fraction of sp³-hybridized carbons (Fsp3) is 0.647. The summed E-state index contributed by atoms with van der Waals surface area (Å²) in [5.41, 5.74) is 0. The highest BCUT2D eigenvalue weighted by atomic mass is 16.6. The van der Waals surface area contributed by atoms with Gasteiger partial charge in [0.25, 0.3) is 0 Å². The number of carbonyl (C=O) groups is 1. The van der Waals surface area contributed by atoms with Crippen LogP contribution in [0.1, 0.15) is 56.2 Å². The number of carbonyl (C=O) groups excluding carboxylic acids is 1. The molecule has 4 rings (SSSR count). The van der Waals surface area contributed by atoms with Gasteiger partial charge >= 0.3 is 6.09 Å². The van der Waals surface area contributed by atoms with Crippen LogP contribution in [0.5, 0.6) is 0 Å². The fourth-order valence-corrected chi connectivity index (χ4v) is 3.53. The van der Waals surface area contributed by atoms with E-state index in [2.05, 4.69) is 19.7 Å². The number of hydrogen-bond acceptors (Lipinski definition) is 5. The molecule has 1 saturated carbocycles. The van der Waals surface area contributed by atoms with Crippen LogP contribution in [0.15, 0.2) is 18.7 Å². The van der Waals surface area contributed by atoms with Crippen LogP contribution in [0.4, 0.5) is 4.79 Å². The van der Waals surface area contributed by atoms with E-state index in [1.165, 1.54) is 12.8 Å². The third kappa shape index (κ3) is 3.38. The Hall–Kier alpha value is -2.38. The summed E-state index contributed by atoms with van der Waals surface area (Å²) in [4.78, 5) is 17.8. The molecule has 2 fully saturated rings. The maximum atomic E-state index is 11.9. The number of amides is 1. The Labute approximate surface area is 146 Å². The molecule has 2 aliphatic rings. The molecule has 1 aliphatic carbocycles. The van der Waals surface area contributed by atoms with E-state index in [4.69, 9.17) is 4.74 Å². The van der Waals surface area contributed by atoms with Crippen molar-refractivity contribution in [3.63, 3.8) is 0 Å². The highest BCUT2D eigenvalue weighted by Gasteiger charge is 2.34. The average molecular weight is 344 g/mol. The summed E-state index contributed by atoms with van der Waals surface area (Å²) in [5.74, 6) is 2.44. The standard InChI is InChI=1S/C17H24N6O2/c1-2-25-17(24)22-8-5-13(6-9-22)16-20-19-15(23(16)14-3-4-14)11-21-10-7-18-12-21/h7,10,12-14H,2-6,8-9,11H2,1H3. The summed E-state index contributed by atoms with van der Waals surface area (Å²) < 4.78 is 9.46. The van der Waals surface area contributed by atoms with Crippen molar-refractivity contribution in [2.75, 3.05) is 19.7 Å². The number of hydrogen-bond donors (Lipinski definition) is 0. The molecule has 2 aromatic rings. The minimum absolute atomic E-state index is 0.203. The van der Waals surface area contributed by atoms with Crippen molar-refractivity contribution in [3.05, 3.63) is 30.4 Å². The van der Waals surface area contributed by atoms with Gasteiger partial charge in [-0.1, -0.05) is 0 Å². The Bertz CT molecular complexity index is 714. The maximum Gasteiger partial charge on any atom is 0.409 e. The highest BCUT2D eigenvalue weighted by molar-refractivity contribution is 5.67. The van der Waals surface area contributed by atoms with E-state index in [9.17, 15) is 4.79 Å². The van der Waals surface area contributed by atoms with Crippen molar-refractivity contribution in [1.82, 2.24) is 29.2 Å². The SMILES string of the molecule is CCOC(=O)N1CCC(c2nnc(Cn3ccnc3)n2C2CC2)CC1. The van der Waals surface area contributed by atoms with Crippen molar-refractivity contribution >= 4 is 6.09 Å². The second-order valence-corrected chi connectivity index (χ2v) is 6.77. The zero-order valence-corrected chi connectivity index (χ0v) is 14.5. The number of piperidine rings is 1. The normalized spacial score (nSPS) is 18.5. The number of aromatic nitrogens is 5. The van der Waals surface area contributed by atoms with E-state index < -0.39 is 0 Å². The smallest absolute Gasteiger partial charge is 0.409 e. The summed E-state index contributed by atoms with van der Waals surface area (Å²) in [7, 11) is 0. The first-order valence-electron chi connectivity index (χ1n) is 9.07. The van der Waals surface area contributed by atoms with Gasteiger partial charge in [-0.15, -0.1) is 10.2 Å². The molecule has 8 heteroatoms. The minimum Gasteiger partial charge on any atom is -0.450 e. The molecule has 0 unspecified atom stereocenters. The van der Waals surface area contributed by atoms with Crippen molar-refractivity contribution in [2.45, 2.75) is 51.1 Å². The predicted molar refractivity (Wildman–Crippen MR) is 90.2 cm³/mol. The number of imidazole rings is 1. The zero-order chi connectivity index (χ0) is 17.2. The maximum absolute atomic E-state index is 11.9. The van der Waals surface area contributed by atoms with E-state index in [1.807, 2.05) is 24.0 Å². The van der Waals surface area contributed by atoms with Crippen LogP contribution >= 0.6 is 0 Å². The second-order valence-electron chi connectivity index (χ2n) is 6.77. The number of ether oxygens (including phenoxy) is 1. The van der Waals surface area contributed by atoms with E-state index in [0.29, 0.717) is 25.1 Å². The molecule has 25 heavy (non-hydrogen) atoms. The average Bonchev–Trinajstić information content (AvgIpc) is 3.17.